The first kappa shape index (κ1) is 25.3. The van der Waals surface area contributed by atoms with Crippen molar-refractivity contribution in [3.63, 3.8) is 0 Å². The zero-order valence-corrected chi connectivity index (χ0v) is 20.1. The SMILES string of the molecule is CCNC(=NCCCCCC(=O)OC)NC1CCN(c2ccccc2OC)C1.I. The Morgan fingerprint density at radius 2 is 2.03 bits per heavy atom. The van der Waals surface area contributed by atoms with E-state index in [1.807, 2.05) is 18.2 Å². The highest BCUT2D eigenvalue weighted by molar-refractivity contribution is 14.0. The number of nitrogens with one attached hydrogen (secondary N) is 2. The van der Waals surface area contributed by atoms with Gasteiger partial charge in [0.05, 0.1) is 19.9 Å². The molecule has 0 aliphatic carbocycles. The minimum Gasteiger partial charge on any atom is -0.495 e. The summed E-state index contributed by atoms with van der Waals surface area (Å²) in [6, 6.07) is 8.50. The Labute approximate surface area is 191 Å². The Morgan fingerprint density at radius 3 is 2.76 bits per heavy atom. The van der Waals surface area contributed by atoms with Gasteiger partial charge in [-0.3, -0.25) is 9.79 Å². The number of methoxy groups -OCH3 is 2. The topological polar surface area (TPSA) is 75.2 Å². The minimum absolute atomic E-state index is 0. The van der Waals surface area contributed by atoms with E-state index in [1.54, 1.807) is 7.11 Å². The molecule has 8 heteroatoms. The van der Waals surface area contributed by atoms with E-state index < -0.39 is 0 Å². The van der Waals surface area contributed by atoms with Gasteiger partial charge in [0, 0.05) is 38.6 Å². The molecule has 0 radical (unpaired) electrons. The smallest absolute Gasteiger partial charge is 0.305 e. The van der Waals surface area contributed by atoms with Crippen LogP contribution >= 0.6 is 24.0 Å². The number of unbranched alkanes of at least 4 members (excludes halogenated alkanes) is 2. The number of esters is 1. The lowest BCUT2D eigenvalue weighted by atomic mass is 10.2. The molecule has 29 heavy (non-hydrogen) atoms. The predicted molar refractivity (Wildman–Crippen MR) is 129 cm³/mol. The van der Waals surface area contributed by atoms with Crippen molar-refractivity contribution in [2.75, 3.05) is 45.3 Å². The maximum Gasteiger partial charge on any atom is 0.305 e. The fraction of sp³-hybridized carbons (Fsp3) is 0.619. The first-order chi connectivity index (χ1) is 13.7. The van der Waals surface area contributed by atoms with Gasteiger partial charge in [-0.25, -0.2) is 0 Å². The van der Waals surface area contributed by atoms with Gasteiger partial charge in [-0.15, -0.1) is 24.0 Å². The average molecular weight is 518 g/mol. The highest BCUT2D eigenvalue weighted by atomic mass is 127. The number of ether oxygens (including phenoxy) is 2. The van der Waals surface area contributed by atoms with Crippen molar-refractivity contribution in [1.82, 2.24) is 10.6 Å². The third kappa shape index (κ3) is 8.67. The second-order valence-corrected chi connectivity index (χ2v) is 6.90. The van der Waals surface area contributed by atoms with Gasteiger partial charge in [-0.1, -0.05) is 18.6 Å². The summed E-state index contributed by atoms with van der Waals surface area (Å²) in [5.74, 6) is 1.64. The number of guanidine groups is 1. The Balaban J connectivity index is 0.00000420. The van der Waals surface area contributed by atoms with Gasteiger partial charge in [-0.05, 0) is 38.3 Å². The van der Waals surface area contributed by atoms with Crippen LogP contribution in [0.25, 0.3) is 0 Å². The molecule has 7 nitrogen and oxygen atoms in total. The summed E-state index contributed by atoms with van der Waals surface area (Å²) in [6.07, 6.45) is 4.33. The zero-order valence-electron chi connectivity index (χ0n) is 17.8. The minimum atomic E-state index is -0.139. The summed E-state index contributed by atoms with van der Waals surface area (Å²) in [5, 5.41) is 6.88. The lowest BCUT2D eigenvalue weighted by Crippen LogP contribution is -2.44. The molecule has 1 atom stereocenters. The molecular weight excluding hydrogens is 483 g/mol. The molecule has 0 bridgehead atoms. The zero-order chi connectivity index (χ0) is 20.2. The number of aliphatic imine (C=N–C) groups is 1. The number of carbonyl (C=O) groups is 1. The van der Waals surface area contributed by atoms with Crippen LogP contribution in [0.3, 0.4) is 0 Å². The first-order valence-electron chi connectivity index (χ1n) is 10.2. The molecule has 0 saturated carbocycles. The number of rotatable bonds is 10. The number of benzene rings is 1. The standard InChI is InChI=1S/C21H34N4O3.HI/c1-4-22-21(23-14-9-5-6-12-20(26)28-3)24-17-13-15-25(16-17)18-10-7-8-11-19(18)27-2;/h7-8,10-11,17H,4-6,9,12-16H2,1-3H3,(H2,22,23,24);1H. The Morgan fingerprint density at radius 1 is 1.24 bits per heavy atom. The Bertz CT molecular complexity index is 642. The first-order valence-corrected chi connectivity index (χ1v) is 10.2. The average Bonchev–Trinajstić information content (AvgIpc) is 3.18. The molecular formula is C21H35IN4O3. The van der Waals surface area contributed by atoms with E-state index in [-0.39, 0.29) is 29.9 Å². The van der Waals surface area contributed by atoms with Crippen LogP contribution in [0.1, 0.15) is 39.0 Å². The molecule has 1 aliphatic heterocycles. The maximum absolute atomic E-state index is 11.1. The summed E-state index contributed by atoms with van der Waals surface area (Å²) in [5.41, 5.74) is 1.14. The number of halogens is 1. The van der Waals surface area contributed by atoms with Gasteiger partial charge in [0.1, 0.15) is 5.75 Å². The van der Waals surface area contributed by atoms with Crippen molar-refractivity contribution in [2.45, 2.75) is 45.1 Å². The fourth-order valence-electron chi connectivity index (χ4n) is 3.35. The van der Waals surface area contributed by atoms with Crippen LogP contribution in [0.5, 0.6) is 5.75 Å². The normalized spacial score (nSPS) is 16.2. The molecule has 2 N–H and O–H groups in total. The summed E-state index contributed by atoms with van der Waals surface area (Å²) in [6.45, 7) is 5.56. The van der Waals surface area contributed by atoms with Gasteiger partial charge < -0.3 is 25.0 Å². The molecule has 1 fully saturated rings. The molecule has 2 rings (SSSR count). The molecule has 1 aliphatic rings. The molecule has 1 heterocycles. The van der Waals surface area contributed by atoms with Gasteiger partial charge in [-0.2, -0.15) is 0 Å². The fourth-order valence-corrected chi connectivity index (χ4v) is 3.35. The molecule has 1 unspecified atom stereocenters. The highest BCUT2D eigenvalue weighted by Crippen LogP contribution is 2.30. The number of hydrogen-bond acceptors (Lipinski definition) is 5. The number of nitrogens with zero attached hydrogens (tertiary/aromatic N) is 2. The van der Waals surface area contributed by atoms with E-state index in [0.29, 0.717) is 12.5 Å². The third-order valence-electron chi connectivity index (χ3n) is 4.84. The molecule has 164 valence electrons. The third-order valence-corrected chi connectivity index (χ3v) is 4.84. The number of para-hydroxylation sites is 2. The maximum atomic E-state index is 11.1. The van der Waals surface area contributed by atoms with Crippen LogP contribution in [-0.4, -0.2) is 58.4 Å². The van der Waals surface area contributed by atoms with Gasteiger partial charge >= 0.3 is 5.97 Å². The second-order valence-electron chi connectivity index (χ2n) is 6.90. The number of anilines is 1. The quantitative estimate of drug-likeness (QED) is 0.163. The van der Waals surface area contributed by atoms with E-state index in [0.717, 1.165) is 69.3 Å². The molecule has 0 amide bonds. The van der Waals surface area contributed by atoms with Crippen LogP contribution in [0.2, 0.25) is 0 Å². The summed E-state index contributed by atoms with van der Waals surface area (Å²) < 4.78 is 10.2. The van der Waals surface area contributed by atoms with E-state index in [1.165, 1.54) is 7.11 Å². The van der Waals surface area contributed by atoms with Crippen molar-refractivity contribution in [2.24, 2.45) is 4.99 Å². The van der Waals surface area contributed by atoms with E-state index in [9.17, 15) is 4.79 Å². The summed E-state index contributed by atoms with van der Waals surface area (Å²) in [7, 11) is 3.14. The van der Waals surface area contributed by atoms with Crippen LogP contribution in [-0.2, 0) is 9.53 Å². The Hall–Kier alpha value is -1.71. The molecule has 1 aromatic rings. The lowest BCUT2D eigenvalue weighted by Gasteiger charge is -2.22. The van der Waals surface area contributed by atoms with Crippen LogP contribution < -0.4 is 20.3 Å². The Kier molecular flexibility index (Phi) is 12.5. The van der Waals surface area contributed by atoms with Gasteiger partial charge in [0.2, 0.25) is 0 Å². The van der Waals surface area contributed by atoms with Crippen LogP contribution in [0, 0.1) is 0 Å². The summed E-state index contributed by atoms with van der Waals surface area (Å²) >= 11 is 0. The number of carbonyl (C=O) groups excluding carboxylic acids is 1. The van der Waals surface area contributed by atoms with Crippen molar-refractivity contribution in [1.29, 1.82) is 0 Å². The molecule has 0 aromatic heterocycles. The molecule has 1 aromatic carbocycles. The van der Waals surface area contributed by atoms with E-state index in [4.69, 9.17) is 4.74 Å². The predicted octanol–water partition coefficient (Wildman–Crippen LogP) is 3.18. The second kappa shape index (κ2) is 14.3. The van der Waals surface area contributed by atoms with Crippen LogP contribution in [0.15, 0.2) is 29.3 Å². The van der Waals surface area contributed by atoms with E-state index in [2.05, 4.69) is 38.3 Å². The summed E-state index contributed by atoms with van der Waals surface area (Å²) in [4.78, 5) is 18.2. The number of hydrogen-bond donors (Lipinski definition) is 2. The van der Waals surface area contributed by atoms with Gasteiger partial charge in [0.25, 0.3) is 0 Å². The molecule has 0 spiro atoms. The highest BCUT2D eigenvalue weighted by Gasteiger charge is 2.25. The monoisotopic (exact) mass is 518 g/mol. The van der Waals surface area contributed by atoms with Crippen molar-refractivity contribution in [3.8, 4) is 5.75 Å². The largest absolute Gasteiger partial charge is 0.495 e. The van der Waals surface area contributed by atoms with E-state index >= 15 is 0 Å². The molecule has 1 saturated heterocycles. The van der Waals surface area contributed by atoms with Crippen LogP contribution in [0.4, 0.5) is 5.69 Å². The van der Waals surface area contributed by atoms with Gasteiger partial charge in [0.15, 0.2) is 5.96 Å². The van der Waals surface area contributed by atoms with Crippen molar-refractivity contribution >= 4 is 41.6 Å². The lowest BCUT2D eigenvalue weighted by molar-refractivity contribution is -0.140. The van der Waals surface area contributed by atoms with Crippen molar-refractivity contribution in [3.05, 3.63) is 24.3 Å². The van der Waals surface area contributed by atoms with Crippen molar-refractivity contribution < 1.29 is 14.3 Å².